The largest absolute Gasteiger partial charge is 0.448 e. The molecule has 1 heterocycles. The van der Waals surface area contributed by atoms with Gasteiger partial charge in [-0.25, -0.2) is 4.39 Å². The highest BCUT2D eigenvalue weighted by Gasteiger charge is 2.16. The molecule has 2 rings (SSSR count). The van der Waals surface area contributed by atoms with Crippen LogP contribution in [0.1, 0.15) is 10.4 Å². The number of carbonyl (C=O) groups excluding carboxylic acids is 1. The number of pyridine rings is 1. The summed E-state index contributed by atoms with van der Waals surface area (Å²) in [5.41, 5.74) is -0.130. The van der Waals surface area contributed by atoms with Crippen molar-refractivity contribution < 1.29 is 18.8 Å². The van der Waals surface area contributed by atoms with E-state index in [-0.39, 0.29) is 22.7 Å². The summed E-state index contributed by atoms with van der Waals surface area (Å²) < 4.78 is 18.3. The van der Waals surface area contributed by atoms with E-state index >= 15 is 0 Å². The van der Waals surface area contributed by atoms with Crippen molar-refractivity contribution in [3.63, 3.8) is 0 Å². The molecule has 0 aliphatic rings. The van der Waals surface area contributed by atoms with E-state index in [1.54, 1.807) is 0 Å². The fourth-order valence-electron chi connectivity index (χ4n) is 1.40. The second-order valence-corrected chi connectivity index (χ2v) is 3.54. The number of nitro benzene ring substituents is 1. The zero-order valence-corrected chi connectivity index (χ0v) is 9.45. The number of carbonyl (C=O) groups is 1. The predicted molar refractivity (Wildman–Crippen MR) is 62.8 cm³/mol. The maximum Gasteiger partial charge on any atom is 0.311 e. The van der Waals surface area contributed by atoms with Gasteiger partial charge in [-0.3, -0.25) is 19.9 Å². The molecule has 6 nitrogen and oxygen atoms in total. The summed E-state index contributed by atoms with van der Waals surface area (Å²) in [5, 5.41) is 10.8. The van der Waals surface area contributed by atoms with E-state index in [2.05, 4.69) is 4.98 Å². The Balaban J connectivity index is 2.39. The number of halogens is 1. The monoisotopic (exact) mass is 262 g/mol. The Morgan fingerprint density at radius 3 is 2.79 bits per heavy atom. The van der Waals surface area contributed by atoms with Crippen LogP contribution in [0.25, 0.3) is 0 Å². The van der Waals surface area contributed by atoms with Crippen LogP contribution < -0.4 is 4.74 Å². The third kappa shape index (κ3) is 2.89. The molecule has 0 N–H and O–H groups in total. The van der Waals surface area contributed by atoms with Gasteiger partial charge in [0, 0.05) is 23.9 Å². The topological polar surface area (TPSA) is 82.3 Å². The van der Waals surface area contributed by atoms with Gasteiger partial charge in [-0.1, -0.05) is 0 Å². The number of ether oxygens (including phenoxy) is 1. The fourth-order valence-corrected chi connectivity index (χ4v) is 1.40. The Bertz CT molecular complexity index is 645. The minimum absolute atomic E-state index is 0.110. The molecule has 0 unspecified atom stereocenters. The number of rotatable bonds is 4. The van der Waals surface area contributed by atoms with Crippen LogP contribution in [0.15, 0.2) is 36.7 Å². The molecule has 0 aliphatic carbocycles. The molecule has 7 heteroatoms. The first kappa shape index (κ1) is 12.6. The minimum atomic E-state index is -0.689. The molecule has 1 aromatic carbocycles. The van der Waals surface area contributed by atoms with Crippen molar-refractivity contribution in [2.75, 3.05) is 0 Å². The SMILES string of the molecule is O=Cc1cncc(Oc2cc(F)ccc2[N+](=O)[O-])c1. The van der Waals surface area contributed by atoms with Crippen molar-refractivity contribution in [3.05, 3.63) is 58.2 Å². The van der Waals surface area contributed by atoms with E-state index in [9.17, 15) is 19.3 Å². The van der Waals surface area contributed by atoms with Crippen molar-refractivity contribution in [1.29, 1.82) is 0 Å². The molecule has 96 valence electrons. The van der Waals surface area contributed by atoms with E-state index < -0.39 is 10.7 Å². The molecule has 0 atom stereocenters. The maximum absolute atomic E-state index is 13.1. The van der Waals surface area contributed by atoms with E-state index in [0.717, 1.165) is 18.2 Å². The summed E-state index contributed by atoms with van der Waals surface area (Å²) in [6, 6.07) is 4.20. The summed E-state index contributed by atoms with van der Waals surface area (Å²) in [5.74, 6) is -0.812. The molecular weight excluding hydrogens is 255 g/mol. The normalized spacial score (nSPS) is 9.95. The molecule has 0 fully saturated rings. The lowest BCUT2D eigenvalue weighted by Gasteiger charge is -2.06. The fraction of sp³-hybridized carbons (Fsp3) is 0. The molecule has 0 saturated carbocycles. The number of benzene rings is 1. The van der Waals surface area contributed by atoms with Crippen molar-refractivity contribution in [2.45, 2.75) is 0 Å². The highest BCUT2D eigenvalue weighted by Crippen LogP contribution is 2.31. The number of nitrogens with zero attached hydrogens (tertiary/aromatic N) is 2. The van der Waals surface area contributed by atoms with Crippen LogP contribution in [0.4, 0.5) is 10.1 Å². The highest BCUT2D eigenvalue weighted by atomic mass is 19.1. The molecule has 1 aromatic heterocycles. The Labute approximate surface area is 106 Å². The molecule has 0 aliphatic heterocycles. The van der Waals surface area contributed by atoms with Gasteiger partial charge in [-0.05, 0) is 12.1 Å². The van der Waals surface area contributed by atoms with Crippen LogP contribution in [0.3, 0.4) is 0 Å². The highest BCUT2D eigenvalue weighted by molar-refractivity contribution is 5.74. The van der Waals surface area contributed by atoms with Crippen LogP contribution in [-0.2, 0) is 0 Å². The maximum atomic E-state index is 13.1. The minimum Gasteiger partial charge on any atom is -0.448 e. The zero-order valence-electron chi connectivity index (χ0n) is 9.45. The smallest absolute Gasteiger partial charge is 0.311 e. The number of hydrogen-bond acceptors (Lipinski definition) is 5. The van der Waals surface area contributed by atoms with E-state index in [0.29, 0.717) is 6.29 Å². The first-order valence-corrected chi connectivity index (χ1v) is 5.12. The number of nitro groups is 1. The first-order valence-electron chi connectivity index (χ1n) is 5.12. The van der Waals surface area contributed by atoms with Gasteiger partial charge in [0.25, 0.3) is 0 Å². The van der Waals surface area contributed by atoms with Gasteiger partial charge in [0.05, 0.1) is 11.1 Å². The third-order valence-corrected chi connectivity index (χ3v) is 2.22. The molecule has 19 heavy (non-hydrogen) atoms. The molecule has 0 radical (unpaired) electrons. The lowest BCUT2D eigenvalue weighted by Crippen LogP contribution is -1.95. The van der Waals surface area contributed by atoms with Crippen LogP contribution in [-0.4, -0.2) is 16.2 Å². The summed E-state index contributed by atoms with van der Waals surface area (Å²) in [6.45, 7) is 0. The second kappa shape index (κ2) is 5.21. The molecule has 0 bridgehead atoms. The first-order chi connectivity index (χ1) is 9.10. The standard InChI is InChI=1S/C12H7FN2O4/c13-9-1-2-11(15(17)18)12(4-9)19-10-3-8(7-16)5-14-6-10/h1-7H. The van der Waals surface area contributed by atoms with Crippen LogP contribution in [0, 0.1) is 15.9 Å². The summed E-state index contributed by atoms with van der Waals surface area (Å²) >= 11 is 0. The molecule has 0 amide bonds. The van der Waals surface area contributed by atoms with Gasteiger partial charge in [0.2, 0.25) is 5.75 Å². The third-order valence-electron chi connectivity index (χ3n) is 2.22. The average Bonchev–Trinajstić information content (AvgIpc) is 2.38. The van der Waals surface area contributed by atoms with Gasteiger partial charge in [0.15, 0.2) is 6.29 Å². The Morgan fingerprint density at radius 1 is 1.32 bits per heavy atom. The lowest BCUT2D eigenvalue weighted by atomic mass is 10.3. The van der Waals surface area contributed by atoms with Crippen molar-refractivity contribution in [1.82, 2.24) is 4.98 Å². The van der Waals surface area contributed by atoms with Gasteiger partial charge >= 0.3 is 5.69 Å². The summed E-state index contributed by atoms with van der Waals surface area (Å²) in [4.78, 5) is 24.4. The summed E-state index contributed by atoms with van der Waals surface area (Å²) in [6.07, 6.45) is 3.13. The molecule has 2 aromatic rings. The molecular formula is C12H7FN2O4. The van der Waals surface area contributed by atoms with Gasteiger partial charge in [0.1, 0.15) is 11.6 Å². The molecule has 0 saturated heterocycles. The average molecular weight is 262 g/mol. The van der Waals surface area contributed by atoms with E-state index in [1.165, 1.54) is 18.5 Å². The second-order valence-electron chi connectivity index (χ2n) is 3.54. The van der Waals surface area contributed by atoms with E-state index in [4.69, 9.17) is 4.74 Å². The van der Waals surface area contributed by atoms with Gasteiger partial charge in [-0.2, -0.15) is 0 Å². The van der Waals surface area contributed by atoms with Crippen LogP contribution in [0.5, 0.6) is 11.5 Å². The van der Waals surface area contributed by atoms with E-state index in [1.807, 2.05) is 0 Å². The zero-order chi connectivity index (χ0) is 13.8. The quantitative estimate of drug-likeness (QED) is 0.480. The number of aldehydes is 1. The predicted octanol–water partition coefficient (Wildman–Crippen LogP) is 2.73. The van der Waals surface area contributed by atoms with Gasteiger partial charge < -0.3 is 4.74 Å². The Hall–Kier alpha value is -2.83. The van der Waals surface area contributed by atoms with Crippen molar-refractivity contribution in [2.24, 2.45) is 0 Å². The van der Waals surface area contributed by atoms with Gasteiger partial charge in [-0.15, -0.1) is 0 Å². The number of aromatic nitrogens is 1. The Morgan fingerprint density at radius 2 is 2.11 bits per heavy atom. The van der Waals surface area contributed by atoms with Crippen molar-refractivity contribution >= 4 is 12.0 Å². The molecule has 0 spiro atoms. The number of hydrogen-bond donors (Lipinski definition) is 0. The summed E-state index contributed by atoms with van der Waals surface area (Å²) in [7, 11) is 0. The van der Waals surface area contributed by atoms with Crippen LogP contribution in [0.2, 0.25) is 0 Å². The lowest BCUT2D eigenvalue weighted by molar-refractivity contribution is -0.385. The van der Waals surface area contributed by atoms with Crippen molar-refractivity contribution in [3.8, 4) is 11.5 Å². The Kier molecular flexibility index (Phi) is 3.46. The van der Waals surface area contributed by atoms with Crippen LogP contribution >= 0.6 is 0 Å².